The van der Waals surface area contributed by atoms with Crippen molar-refractivity contribution in [2.45, 2.75) is 13.5 Å². The number of carbonyl (C=O) groups is 1. The molecule has 25 heavy (non-hydrogen) atoms. The van der Waals surface area contributed by atoms with Crippen LogP contribution in [0.1, 0.15) is 6.92 Å². The summed E-state index contributed by atoms with van der Waals surface area (Å²) in [6, 6.07) is 11.7. The van der Waals surface area contributed by atoms with E-state index in [2.05, 4.69) is 10.3 Å². The number of ether oxygens (including phenoxy) is 1. The number of nitro groups is 1. The number of hydrogen-bond donors (Lipinski definition) is 1. The number of nitro benzene ring substituents is 1. The first-order chi connectivity index (χ1) is 12.1. The SMILES string of the molecule is CCOc1cccc(NC(=O)Cn2cnc3cccc([N+](=O)[O-])c32)c1. The summed E-state index contributed by atoms with van der Waals surface area (Å²) >= 11 is 0. The maximum Gasteiger partial charge on any atom is 0.295 e. The van der Waals surface area contributed by atoms with E-state index in [1.54, 1.807) is 36.4 Å². The Kier molecular flexibility index (Phi) is 4.60. The molecule has 0 spiro atoms. The molecule has 3 aromatic rings. The number of fused-ring (bicyclic) bond motifs is 1. The number of nitrogens with zero attached hydrogens (tertiary/aromatic N) is 3. The largest absolute Gasteiger partial charge is 0.494 e. The van der Waals surface area contributed by atoms with Crippen molar-refractivity contribution in [2.24, 2.45) is 0 Å². The zero-order valence-corrected chi connectivity index (χ0v) is 13.5. The molecule has 128 valence electrons. The summed E-state index contributed by atoms with van der Waals surface area (Å²) < 4.78 is 6.86. The number of benzene rings is 2. The highest BCUT2D eigenvalue weighted by atomic mass is 16.6. The van der Waals surface area contributed by atoms with Crippen molar-refractivity contribution in [3.8, 4) is 5.75 Å². The summed E-state index contributed by atoms with van der Waals surface area (Å²) in [5.74, 6) is 0.343. The van der Waals surface area contributed by atoms with Gasteiger partial charge in [-0.1, -0.05) is 12.1 Å². The Hall–Kier alpha value is -3.42. The predicted octanol–water partition coefficient (Wildman–Crippen LogP) is 2.98. The molecule has 0 radical (unpaired) electrons. The Labute approximate surface area is 143 Å². The van der Waals surface area contributed by atoms with Crippen LogP contribution in [0.4, 0.5) is 11.4 Å². The summed E-state index contributed by atoms with van der Waals surface area (Å²) in [4.78, 5) is 27.1. The fourth-order valence-corrected chi connectivity index (χ4v) is 2.56. The number of anilines is 1. The van der Waals surface area contributed by atoms with Gasteiger partial charge in [0.1, 0.15) is 17.8 Å². The van der Waals surface area contributed by atoms with Crippen LogP contribution in [0.2, 0.25) is 0 Å². The minimum absolute atomic E-state index is 0.0823. The van der Waals surface area contributed by atoms with Crippen molar-refractivity contribution in [2.75, 3.05) is 11.9 Å². The van der Waals surface area contributed by atoms with Crippen molar-refractivity contribution in [3.05, 3.63) is 58.9 Å². The molecule has 0 bridgehead atoms. The number of non-ortho nitro benzene ring substituents is 1. The molecule has 0 aliphatic heterocycles. The van der Waals surface area contributed by atoms with E-state index < -0.39 is 4.92 Å². The van der Waals surface area contributed by atoms with E-state index in [1.807, 2.05) is 6.92 Å². The Balaban J connectivity index is 1.81. The molecule has 0 atom stereocenters. The summed E-state index contributed by atoms with van der Waals surface area (Å²) in [5, 5.41) is 13.9. The number of carbonyl (C=O) groups excluding carboxylic acids is 1. The third-order valence-corrected chi connectivity index (χ3v) is 3.56. The molecule has 0 aliphatic carbocycles. The monoisotopic (exact) mass is 340 g/mol. The van der Waals surface area contributed by atoms with Crippen LogP contribution < -0.4 is 10.1 Å². The highest BCUT2D eigenvalue weighted by Crippen LogP contribution is 2.24. The van der Waals surface area contributed by atoms with Gasteiger partial charge in [0.05, 0.1) is 23.4 Å². The molecule has 0 saturated carbocycles. The molecule has 0 unspecified atom stereocenters. The lowest BCUT2D eigenvalue weighted by molar-refractivity contribution is -0.383. The van der Waals surface area contributed by atoms with Gasteiger partial charge in [-0.15, -0.1) is 0 Å². The minimum atomic E-state index is -0.482. The maximum atomic E-state index is 12.3. The average Bonchev–Trinajstić information content (AvgIpc) is 2.98. The predicted molar refractivity (Wildman–Crippen MR) is 92.6 cm³/mol. The van der Waals surface area contributed by atoms with Crippen LogP contribution in [0.25, 0.3) is 11.0 Å². The number of para-hydroxylation sites is 1. The third kappa shape index (κ3) is 3.57. The van der Waals surface area contributed by atoms with Gasteiger partial charge < -0.3 is 14.6 Å². The van der Waals surface area contributed by atoms with Crippen LogP contribution in [-0.4, -0.2) is 27.0 Å². The number of amides is 1. The normalized spacial score (nSPS) is 10.6. The number of rotatable bonds is 6. The Morgan fingerprint density at radius 1 is 1.32 bits per heavy atom. The van der Waals surface area contributed by atoms with Crippen LogP contribution in [0.5, 0.6) is 5.75 Å². The fraction of sp³-hybridized carbons (Fsp3) is 0.176. The van der Waals surface area contributed by atoms with Crippen molar-refractivity contribution >= 4 is 28.3 Å². The van der Waals surface area contributed by atoms with Gasteiger partial charge in [0, 0.05) is 17.8 Å². The van der Waals surface area contributed by atoms with Crippen molar-refractivity contribution < 1.29 is 14.5 Å². The molecule has 8 nitrogen and oxygen atoms in total. The van der Waals surface area contributed by atoms with E-state index >= 15 is 0 Å². The number of imidazole rings is 1. The molecule has 8 heteroatoms. The van der Waals surface area contributed by atoms with Gasteiger partial charge in [0.25, 0.3) is 5.69 Å². The van der Waals surface area contributed by atoms with Gasteiger partial charge in [0.15, 0.2) is 0 Å². The molecule has 1 N–H and O–H groups in total. The van der Waals surface area contributed by atoms with E-state index in [0.717, 1.165) is 0 Å². The second-order valence-electron chi connectivity index (χ2n) is 5.28. The summed E-state index contributed by atoms with van der Waals surface area (Å²) in [7, 11) is 0. The summed E-state index contributed by atoms with van der Waals surface area (Å²) in [6.07, 6.45) is 1.42. The lowest BCUT2D eigenvalue weighted by Gasteiger charge is -2.09. The minimum Gasteiger partial charge on any atom is -0.494 e. The van der Waals surface area contributed by atoms with Crippen molar-refractivity contribution in [1.82, 2.24) is 9.55 Å². The van der Waals surface area contributed by atoms with Crippen LogP contribution >= 0.6 is 0 Å². The van der Waals surface area contributed by atoms with Crippen molar-refractivity contribution in [3.63, 3.8) is 0 Å². The van der Waals surface area contributed by atoms with E-state index in [1.165, 1.54) is 17.0 Å². The molecule has 1 heterocycles. The Morgan fingerprint density at radius 3 is 2.88 bits per heavy atom. The van der Waals surface area contributed by atoms with E-state index in [9.17, 15) is 14.9 Å². The summed E-state index contributed by atoms with van der Waals surface area (Å²) in [5.41, 5.74) is 1.31. The summed E-state index contributed by atoms with van der Waals surface area (Å²) in [6.45, 7) is 2.32. The maximum absolute atomic E-state index is 12.3. The highest BCUT2D eigenvalue weighted by Gasteiger charge is 2.17. The van der Waals surface area contributed by atoms with E-state index in [4.69, 9.17) is 4.74 Å². The smallest absolute Gasteiger partial charge is 0.295 e. The third-order valence-electron chi connectivity index (χ3n) is 3.56. The second-order valence-corrected chi connectivity index (χ2v) is 5.28. The molecule has 0 aliphatic rings. The standard InChI is InChI=1S/C17H16N4O4/c1-2-25-13-6-3-5-12(9-13)19-16(22)10-20-11-18-14-7-4-8-15(17(14)20)21(23)24/h3-9,11H,2,10H2,1H3,(H,19,22). The molecule has 1 amide bonds. The number of nitrogens with one attached hydrogen (secondary N) is 1. The first kappa shape index (κ1) is 16.4. The zero-order chi connectivity index (χ0) is 17.8. The van der Waals surface area contributed by atoms with Gasteiger partial charge >= 0.3 is 0 Å². The van der Waals surface area contributed by atoms with Gasteiger partial charge in [-0.25, -0.2) is 4.98 Å². The van der Waals surface area contributed by atoms with Crippen LogP contribution in [0.3, 0.4) is 0 Å². The molecule has 3 rings (SSSR count). The van der Waals surface area contributed by atoms with Crippen LogP contribution in [0.15, 0.2) is 48.8 Å². The molecule has 1 aromatic heterocycles. The van der Waals surface area contributed by atoms with Gasteiger partial charge in [-0.05, 0) is 25.1 Å². The Morgan fingerprint density at radius 2 is 2.12 bits per heavy atom. The molecular weight excluding hydrogens is 324 g/mol. The molecule has 0 fully saturated rings. The Bertz CT molecular complexity index is 935. The topological polar surface area (TPSA) is 99.3 Å². The quantitative estimate of drug-likeness (QED) is 0.549. The number of aromatic nitrogens is 2. The van der Waals surface area contributed by atoms with Crippen LogP contribution in [-0.2, 0) is 11.3 Å². The second kappa shape index (κ2) is 7.00. The van der Waals surface area contributed by atoms with Gasteiger partial charge in [0.2, 0.25) is 5.91 Å². The van der Waals surface area contributed by atoms with E-state index in [0.29, 0.717) is 29.1 Å². The van der Waals surface area contributed by atoms with Gasteiger partial charge in [-0.2, -0.15) is 0 Å². The molecule has 2 aromatic carbocycles. The highest BCUT2D eigenvalue weighted by molar-refractivity contribution is 5.93. The lowest BCUT2D eigenvalue weighted by Crippen LogP contribution is -2.18. The zero-order valence-electron chi connectivity index (χ0n) is 13.5. The van der Waals surface area contributed by atoms with Crippen molar-refractivity contribution in [1.29, 1.82) is 0 Å². The first-order valence-electron chi connectivity index (χ1n) is 7.69. The number of hydrogen-bond acceptors (Lipinski definition) is 5. The fourth-order valence-electron chi connectivity index (χ4n) is 2.56. The molecular formula is C17H16N4O4. The first-order valence-corrected chi connectivity index (χ1v) is 7.69. The van der Waals surface area contributed by atoms with Gasteiger partial charge in [-0.3, -0.25) is 14.9 Å². The van der Waals surface area contributed by atoms with Crippen LogP contribution in [0, 0.1) is 10.1 Å². The average molecular weight is 340 g/mol. The lowest BCUT2D eigenvalue weighted by atomic mass is 10.2. The molecule has 0 saturated heterocycles. The van der Waals surface area contributed by atoms with E-state index in [-0.39, 0.29) is 18.1 Å².